The summed E-state index contributed by atoms with van der Waals surface area (Å²) in [4.78, 5) is 0. The molecule has 68 valence electrons. The molecule has 0 nitrogen and oxygen atoms in total. The van der Waals surface area contributed by atoms with E-state index in [4.69, 9.17) is 0 Å². The van der Waals surface area contributed by atoms with E-state index in [1.54, 1.807) is 0 Å². The quantitative estimate of drug-likeness (QED) is 0.552. The fourth-order valence-corrected chi connectivity index (χ4v) is 2.10. The van der Waals surface area contributed by atoms with Crippen molar-refractivity contribution in [2.75, 3.05) is 0 Å². The molecule has 1 saturated carbocycles. The fourth-order valence-electron chi connectivity index (χ4n) is 2.10. The molecule has 0 spiro atoms. The highest BCUT2D eigenvalue weighted by Crippen LogP contribution is 2.29. The maximum atomic E-state index is 3.83. The molecule has 0 aromatic rings. The van der Waals surface area contributed by atoms with E-state index >= 15 is 0 Å². The van der Waals surface area contributed by atoms with Gasteiger partial charge in [-0.1, -0.05) is 44.3 Å². The van der Waals surface area contributed by atoms with E-state index < -0.39 is 0 Å². The molecule has 0 heterocycles. The summed E-state index contributed by atoms with van der Waals surface area (Å²) in [6.07, 6.45) is 12.5. The molecule has 1 rings (SSSR count). The van der Waals surface area contributed by atoms with E-state index in [1.807, 2.05) is 12.2 Å². The first-order chi connectivity index (χ1) is 5.86. The molecular weight excluding hydrogens is 144 g/mol. The van der Waals surface area contributed by atoms with Crippen LogP contribution in [0.1, 0.15) is 38.5 Å². The van der Waals surface area contributed by atoms with E-state index in [9.17, 15) is 0 Å². The van der Waals surface area contributed by atoms with Gasteiger partial charge in [0, 0.05) is 0 Å². The van der Waals surface area contributed by atoms with Crippen LogP contribution in [0.2, 0.25) is 0 Å². The molecular formula is C12H20. The van der Waals surface area contributed by atoms with Crippen molar-refractivity contribution in [3.63, 3.8) is 0 Å². The fraction of sp³-hybridized carbons (Fsp3) is 0.667. The number of hydrogen-bond acceptors (Lipinski definition) is 0. The second-order valence-corrected chi connectivity index (χ2v) is 3.87. The SMILES string of the molecule is C=CC(C=C)CC1CCCCC1. The standard InChI is InChI=1S/C12H20/c1-3-11(4-2)10-12-8-6-5-7-9-12/h3-4,11-12H,1-2,5-10H2. The maximum absolute atomic E-state index is 3.83. The van der Waals surface area contributed by atoms with Crippen LogP contribution in [0.3, 0.4) is 0 Å². The van der Waals surface area contributed by atoms with Gasteiger partial charge in [-0.05, 0) is 18.3 Å². The van der Waals surface area contributed by atoms with Crippen LogP contribution in [-0.4, -0.2) is 0 Å². The monoisotopic (exact) mass is 164 g/mol. The minimum Gasteiger partial charge on any atom is -0.102 e. The second kappa shape index (κ2) is 5.18. The van der Waals surface area contributed by atoms with Crippen LogP contribution in [0.4, 0.5) is 0 Å². The zero-order valence-electron chi connectivity index (χ0n) is 7.97. The van der Waals surface area contributed by atoms with Gasteiger partial charge in [0.05, 0.1) is 0 Å². The third-order valence-corrected chi connectivity index (χ3v) is 2.94. The highest BCUT2D eigenvalue weighted by Gasteiger charge is 2.15. The van der Waals surface area contributed by atoms with Crippen molar-refractivity contribution in [1.82, 2.24) is 0 Å². The third-order valence-electron chi connectivity index (χ3n) is 2.94. The van der Waals surface area contributed by atoms with Crippen LogP contribution in [0, 0.1) is 11.8 Å². The number of rotatable bonds is 4. The minimum atomic E-state index is 0.549. The lowest BCUT2D eigenvalue weighted by atomic mass is 9.83. The Morgan fingerprint density at radius 2 is 1.67 bits per heavy atom. The van der Waals surface area contributed by atoms with Gasteiger partial charge in [0.25, 0.3) is 0 Å². The average Bonchev–Trinajstić information content (AvgIpc) is 2.16. The Hall–Kier alpha value is -0.520. The Bertz CT molecular complexity index is 132. The van der Waals surface area contributed by atoms with Crippen LogP contribution in [0.25, 0.3) is 0 Å². The summed E-state index contributed by atoms with van der Waals surface area (Å²) >= 11 is 0. The first-order valence-corrected chi connectivity index (χ1v) is 5.12. The van der Waals surface area contributed by atoms with Crippen molar-refractivity contribution in [2.24, 2.45) is 11.8 Å². The Morgan fingerprint density at radius 3 is 2.17 bits per heavy atom. The summed E-state index contributed by atoms with van der Waals surface area (Å²) in [6, 6.07) is 0. The normalized spacial score (nSPS) is 19.4. The van der Waals surface area contributed by atoms with Gasteiger partial charge in [-0.3, -0.25) is 0 Å². The van der Waals surface area contributed by atoms with Crippen LogP contribution >= 0.6 is 0 Å². The number of allylic oxidation sites excluding steroid dienone is 2. The molecule has 0 N–H and O–H groups in total. The molecule has 1 aliphatic carbocycles. The van der Waals surface area contributed by atoms with Gasteiger partial charge < -0.3 is 0 Å². The minimum absolute atomic E-state index is 0.549. The highest BCUT2D eigenvalue weighted by atomic mass is 14.2. The summed E-state index contributed by atoms with van der Waals surface area (Å²) in [5, 5.41) is 0. The smallest absolute Gasteiger partial charge is 0.00562 e. The molecule has 0 saturated heterocycles. The Labute approximate surface area is 76.4 Å². The third kappa shape index (κ3) is 2.84. The van der Waals surface area contributed by atoms with E-state index in [1.165, 1.54) is 38.5 Å². The van der Waals surface area contributed by atoms with E-state index in [0.717, 1.165) is 5.92 Å². The van der Waals surface area contributed by atoms with E-state index in [2.05, 4.69) is 13.2 Å². The van der Waals surface area contributed by atoms with E-state index in [0.29, 0.717) is 5.92 Å². The predicted molar refractivity (Wildman–Crippen MR) is 55.1 cm³/mol. The molecule has 0 heteroatoms. The molecule has 0 unspecified atom stereocenters. The van der Waals surface area contributed by atoms with Gasteiger partial charge in [-0.15, -0.1) is 13.2 Å². The maximum Gasteiger partial charge on any atom is -0.00562 e. The van der Waals surface area contributed by atoms with Gasteiger partial charge in [-0.25, -0.2) is 0 Å². The van der Waals surface area contributed by atoms with Gasteiger partial charge in [-0.2, -0.15) is 0 Å². The summed E-state index contributed by atoms with van der Waals surface area (Å²) in [5.41, 5.74) is 0. The molecule has 0 aromatic heterocycles. The van der Waals surface area contributed by atoms with Gasteiger partial charge >= 0.3 is 0 Å². The van der Waals surface area contributed by atoms with Crippen molar-refractivity contribution in [1.29, 1.82) is 0 Å². The first-order valence-electron chi connectivity index (χ1n) is 5.12. The average molecular weight is 164 g/mol. The molecule has 1 fully saturated rings. The lowest BCUT2D eigenvalue weighted by Gasteiger charge is -2.23. The zero-order valence-corrected chi connectivity index (χ0v) is 7.97. The van der Waals surface area contributed by atoms with Crippen molar-refractivity contribution >= 4 is 0 Å². The van der Waals surface area contributed by atoms with Crippen molar-refractivity contribution in [2.45, 2.75) is 38.5 Å². The molecule has 0 atom stereocenters. The van der Waals surface area contributed by atoms with Crippen LogP contribution in [0.15, 0.2) is 25.3 Å². The second-order valence-electron chi connectivity index (χ2n) is 3.87. The van der Waals surface area contributed by atoms with Crippen molar-refractivity contribution in [3.05, 3.63) is 25.3 Å². The topological polar surface area (TPSA) is 0 Å². The largest absolute Gasteiger partial charge is 0.102 e. The summed E-state index contributed by atoms with van der Waals surface area (Å²) in [6.45, 7) is 7.65. The Morgan fingerprint density at radius 1 is 1.08 bits per heavy atom. The van der Waals surface area contributed by atoms with Crippen LogP contribution < -0.4 is 0 Å². The summed E-state index contributed by atoms with van der Waals surface area (Å²) in [7, 11) is 0. The van der Waals surface area contributed by atoms with Gasteiger partial charge in [0.15, 0.2) is 0 Å². The predicted octanol–water partition coefficient (Wildman–Crippen LogP) is 3.95. The lowest BCUT2D eigenvalue weighted by molar-refractivity contribution is 0.324. The Kier molecular flexibility index (Phi) is 4.13. The van der Waals surface area contributed by atoms with Crippen LogP contribution in [0.5, 0.6) is 0 Å². The molecule has 0 aliphatic heterocycles. The molecule has 12 heavy (non-hydrogen) atoms. The molecule has 0 amide bonds. The molecule has 0 bridgehead atoms. The van der Waals surface area contributed by atoms with Crippen molar-refractivity contribution in [3.8, 4) is 0 Å². The molecule has 0 aromatic carbocycles. The van der Waals surface area contributed by atoms with Gasteiger partial charge in [0.2, 0.25) is 0 Å². The Balaban J connectivity index is 2.27. The lowest BCUT2D eigenvalue weighted by Crippen LogP contribution is -2.09. The van der Waals surface area contributed by atoms with Gasteiger partial charge in [0.1, 0.15) is 0 Å². The van der Waals surface area contributed by atoms with Crippen molar-refractivity contribution < 1.29 is 0 Å². The summed E-state index contributed by atoms with van der Waals surface area (Å²) < 4.78 is 0. The summed E-state index contributed by atoms with van der Waals surface area (Å²) in [5.74, 6) is 1.49. The zero-order chi connectivity index (χ0) is 8.81. The highest BCUT2D eigenvalue weighted by molar-refractivity contribution is 4.93. The molecule has 0 radical (unpaired) electrons. The van der Waals surface area contributed by atoms with Crippen LogP contribution in [-0.2, 0) is 0 Å². The number of hydrogen-bond donors (Lipinski definition) is 0. The van der Waals surface area contributed by atoms with E-state index in [-0.39, 0.29) is 0 Å². The molecule has 1 aliphatic rings. The first kappa shape index (κ1) is 9.57.